The van der Waals surface area contributed by atoms with Gasteiger partial charge in [0.25, 0.3) is 0 Å². The minimum atomic E-state index is -4.36. The first-order valence-electron chi connectivity index (χ1n) is 19.7. The number of carbonyl (C=O) groups is 1. The lowest BCUT2D eigenvalue weighted by Gasteiger charge is -2.25. The van der Waals surface area contributed by atoms with Crippen LogP contribution in [0.1, 0.15) is 194 Å². The molecule has 0 saturated heterocycles. The average Bonchev–Trinajstić information content (AvgIpc) is 3.04. The third-order valence-electron chi connectivity index (χ3n) is 9.02. The van der Waals surface area contributed by atoms with Crippen molar-refractivity contribution in [2.24, 2.45) is 5.73 Å². The molecule has 1 amide bonds. The molecule has 10 heteroatoms. The fraction of sp³-hybridized carbons (Fsp3) is 0.973. The Morgan fingerprint density at radius 3 is 1.43 bits per heavy atom. The summed E-state index contributed by atoms with van der Waals surface area (Å²) in [5, 5.41) is 24.0. The van der Waals surface area contributed by atoms with Gasteiger partial charge in [0.1, 0.15) is 0 Å². The summed E-state index contributed by atoms with van der Waals surface area (Å²) in [6.45, 7) is 4.02. The molecule has 0 rings (SSSR count). The van der Waals surface area contributed by atoms with Crippen molar-refractivity contribution in [2.45, 2.75) is 212 Å². The lowest BCUT2D eigenvalue weighted by molar-refractivity contribution is -0.125. The first-order valence-corrected chi connectivity index (χ1v) is 21.2. The number of carbonyl (C=O) groups excluding carboxylic acids is 1. The molecule has 0 aliphatic carbocycles. The van der Waals surface area contributed by atoms with Gasteiger partial charge in [-0.3, -0.25) is 13.8 Å². The number of hydrogen-bond donors (Lipinski definition) is 5. The number of nitrogens with two attached hydrogens (primary N) is 1. The first-order chi connectivity index (χ1) is 22.8. The zero-order valence-electron chi connectivity index (χ0n) is 30.7. The predicted octanol–water partition coefficient (Wildman–Crippen LogP) is 9.25. The molecule has 0 aliphatic rings. The van der Waals surface area contributed by atoms with Gasteiger partial charge in [-0.25, -0.2) is 4.57 Å². The summed E-state index contributed by atoms with van der Waals surface area (Å²) in [5.74, 6) is -0.413. The van der Waals surface area contributed by atoms with E-state index in [9.17, 15) is 24.5 Å². The van der Waals surface area contributed by atoms with Crippen LogP contribution < -0.4 is 11.1 Å². The number of rotatable bonds is 37. The Bertz CT molecular complexity index is 731. The molecule has 0 aromatic carbocycles. The van der Waals surface area contributed by atoms with Gasteiger partial charge in [0.2, 0.25) is 5.91 Å². The van der Waals surface area contributed by atoms with Crippen LogP contribution in [0.3, 0.4) is 0 Å². The van der Waals surface area contributed by atoms with Crippen molar-refractivity contribution >= 4 is 13.7 Å². The van der Waals surface area contributed by atoms with E-state index >= 15 is 0 Å². The van der Waals surface area contributed by atoms with E-state index in [1.807, 2.05) is 0 Å². The monoisotopic (exact) mass is 693 g/mol. The fourth-order valence-electron chi connectivity index (χ4n) is 6.00. The fourth-order valence-corrected chi connectivity index (χ4v) is 6.76. The van der Waals surface area contributed by atoms with Crippen molar-refractivity contribution in [1.29, 1.82) is 0 Å². The van der Waals surface area contributed by atoms with Gasteiger partial charge in [-0.15, -0.1) is 0 Å². The molecule has 0 radical (unpaired) electrons. The molecule has 282 valence electrons. The van der Waals surface area contributed by atoms with Crippen LogP contribution in [-0.2, 0) is 18.4 Å². The highest BCUT2D eigenvalue weighted by Crippen LogP contribution is 2.43. The Balaban J connectivity index is 4.23. The van der Waals surface area contributed by atoms with Crippen LogP contribution in [0.25, 0.3) is 0 Å². The summed E-state index contributed by atoms with van der Waals surface area (Å²) >= 11 is 0. The number of nitrogens with one attached hydrogen (secondary N) is 1. The van der Waals surface area contributed by atoms with E-state index < -0.39 is 32.0 Å². The molecule has 4 atom stereocenters. The van der Waals surface area contributed by atoms with Gasteiger partial charge in [0, 0.05) is 6.54 Å². The molecule has 6 N–H and O–H groups in total. The van der Waals surface area contributed by atoms with Crippen LogP contribution in [0.5, 0.6) is 0 Å². The molecule has 4 unspecified atom stereocenters. The second-order valence-corrected chi connectivity index (χ2v) is 15.1. The third-order valence-corrected chi connectivity index (χ3v) is 10.00. The minimum Gasteiger partial charge on any atom is -0.393 e. The molecule has 0 bridgehead atoms. The van der Waals surface area contributed by atoms with Crippen LogP contribution in [0, 0.1) is 0 Å². The Hall–Kier alpha value is -0.540. The number of hydrogen-bond acceptors (Lipinski definition) is 7. The van der Waals surface area contributed by atoms with Crippen molar-refractivity contribution in [3.63, 3.8) is 0 Å². The van der Waals surface area contributed by atoms with E-state index in [0.29, 0.717) is 12.8 Å². The second kappa shape index (κ2) is 33.9. The Kier molecular flexibility index (Phi) is 33.5. The van der Waals surface area contributed by atoms with E-state index in [2.05, 4.69) is 19.2 Å². The number of phosphoric ester groups is 1. The highest BCUT2D eigenvalue weighted by Gasteiger charge is 2.28. The lowest BCUT2D eigenvalue weighted by Crippen LogP contribution is -2.47. The highest BCUT2D eigenvalue weighted by atomic mass is 31.2. The van der Waals surface area contributed by atoms with Crippen LogP contribution >= 0.6 is 7.82 Å². The van der Waals surface area contributed by atoms with E-state index in [1.54, 1.807) is 0 Å². The number of aliphatic hydroxyl groups is 2. The lowest BCUT2D eigenvalue weighted by atomic mass is 10.0. The van der Waals surface area contributed by atoms with Gasteiger partial charge >= 0.3 is 7.82 Å². The standard InChI is InChI=1S/C37H77N2O7P/c1-3-5-7-9-11-13-14-15-16-17-18-19-21-22-24-26-28-34(40)32-37(42)39-35(33-46-47(43,44)45-31-30-38)36(41)29-27-25-23-20-12-10-8-6-4-2/h34-36,40-41H,3-33,38H2,1-2H3,(H,39,42)(H,43,44). The number of unbranched alkanes of at least 4 members (excludes halogenated alkanes) is 23. The maximum Gasteiger partial charge on any atom is 0.472 e. The summed E-state index contributed by atoms with van der Waals surface area (Å²) in [5.41, 5.74) is 5.34. The molecule has 47 heavy (non-hydrogen) atoms. The predicted molar refractivity (Wildman–Crippen MR) is 195 cm³/mol. The van der Waals surface area contributed by atoms with Gasteiger partial charge in [0.15, 0.2) is 0 Å². The van der Waals surface area contributed by atoms with Crippen LogP contribution in [0.4, 0.5) is 0 Å². The molecule has 0 saturated carbocycles. The van der Waals surface area contributed by atoms with Crippen LogP contribution in [0.2, 0.25) is 0 Å². The van der Waals surface area contributed by atoms with Gasteiger partial charge < -0.3 is 26.2 Å². The maximum absolute atomic E-state index is 12.7. The normalized spacial score (nSPS) is 14.9. The average molecular weight is 693 g/mol. The third kappa shape index (κ3) is 32.4. The highest BCUT2D eigenvalue weighted by molar-refractivity contribution is 7.47. The molecule has 0 aromatic heterocycles. The molecule has 0 spiro atoms. The van der Waals surface area contributed by atoms with Crippen molar-refractivity contribution < 1.29 is 33.5 Å². The largest absolute Gasteiger partial charge is 0.472 e. The maximum atomic E-state index is 12.7. The quantitative estimate of drug-likeness (QED) is 0.0319. The van der Waals surface area contributed by atoms with Crippen LogP contribution in [0.15, 0.2) is 0 Å². The Morgan fingerprint density at radius 2 is 1.02 bits per heavy atom. The van der Waals surface area contributed by atoms with Gasteiger partial charge in [-0.2, -0.15) is 0 Å². The summed E-state index contributed by atoms with van der Waals surface area (Å²) in [7, 11) is -4.36. The van der Waals surface area contributed by atoms with Gasteiger partial charge in [0.05, 0.1) is 37.9 Å². The number of amides is 1. The van der Waals surface area contributed by atoms with E-state index in [1.165, 1.54) is 122 Å². The summed E-state index contributed by atoms with van der Waals surface area (Å²) < 4.78 is 22.0. The van der Waals surface area contributed by atoms with Crippen molar-refractivity contribution in [1.82, 2.24) is 5.32 Å². The Labute approximate surface area is 289 Å². The molecular weight excluding hydrogens is 615 g/mol. The SMILES string of the molecule is CCCCCCCCCCCCCCCCCCC(O)CC(=O)NC(COP(=O)(O)OCCN)C(O)CCCCCCCCCCC. The smallest absolute Gasteiger partial charge is 0.393 e. The zero-order chi connectivity index (χ0) is 34.9. The Morgan fingerprint density at radius 1 is 0.638 bits per heavy atom. The van der Waals surface area contributed by atoms with E-state index in [-0.39, 0.29) is 26.2 Å². The molecule has 9 nitrogen and oxygen atoms in total. The molecule has 0 fully saturated rings. The van der Waals surface area contributed by atoms with Gasteiger partial charge in [-0.05, 0) is 12.8 Å². The first kappa shape index (κ1) is 46.5. The van der Waals surface area contributed by atoms with Crippen LogP contribution in [-0.4, -0.2) is 59.0 Å². The molecule has 0 heterocycles. The second-order valence-electron chi connectivity index (χ2n) is 13.7. The molecule has 0 aliphatic heterocycles. The van der Waals surface area contributed by atoms with E-state index in [0.717, 1.165) is 38.5 Å². The zero-order valence-corrected chi connectivity index (χ0v) is 31.5. The van der Waals surface area contributed by atoms with Crippen molar-refractivity contribution in [2.75, 3.05) is 19.8 Å². The topological polar surface area (TPSA) is 151 Å². The molecule has 0 aromatic rings. The minimum absolute atomic E-state index is 0.0621. The summed E-state index contributed by atoms with van der Waals surface area (Å²) in [6.07, 6.45) is 30.1. The van der Waals surface area contributed by atoms with Crippen molar-refractivity contribution in [3.8, 4) is 0 Å². The number of aliphatic hydroxyl groups excluding tert-OH is 2. The molecular formula is C37H77N2O7P. The van der Waals surface area contributed by atoms with E-state index in [4.69, 9.17) is 14.8 Å². The summed E-state index contributed by atoms with van der Waals surface area (Å²) in [4.78, 5) is 22.6. The van der Waals surface area contributed by atoms with Crippen molar-refractivity contribution in [3.05, 3.63) is 0 Å². The number of phosphoric acid groups is 1. The summed E-state index contributed by atoms with van der Waals surface area (Å²) in [6, 6.07) is -0.888. The van der Waals surface area contributed by atoms with Gasteiger partial charge in [-0.1, -0.05) is 174 Å².